The number of benzene rings is 1. The molecule has 0 radical (unpaired) electrons. The predicted molar refractivity (Wildman–Crippen MR) is 95.4 cm³/mol. The summed E-state index contributed by atoms with van der Waals surface area (Å²) in [6.45, 7) is 8.42. The van der Waals surface area contributed by atoms with Crippen LogP contribution in [-0.4, -0.2) is 34.7 Å². The van der Waals surface area contributed by atoms with Crippen LogP contribution in [0.5, 0.6) is 0 Å². The molecular weight excluding hydrogens is 307 g/mol. The van der Waals surface area contributed by atoms with Gasteiger partial charge in [0.2, 0.25) is 5.91 Å². The molecule has 1 aliphatic heterocycles. The molecule has 130 valence electrons. The van der Waals surface area contributed by atoms with E-state index in [9.17, 15) is 14.0 Å². The smallest absolute Gasteiger partial charge is 0.227 e. The molecule has 1 aromatic heterocycles. The number of aromatic amines is 1. The van der Waals surface area contributed by atoms with Crippen LogP contribution >= 0.6 is 0 Å². The minimum absolute atomic E-state index is 0. The highest BCUT2D eigenvalue weighted by Gasteiger charge is 2.22. The topological polar surface area (TPSA) is 53.2 Å². The zero-order chi connectivity index (χ0) is 17.7. The third-order valence-corrected chi connectivity index (χ3v) is 4.06. The number of Topliss-reactive ketones (excluding diaryl/α,β-unsaturated/α-hetero) is 1. The number of ketones is 1. The van der Waals surface area contributed by atoms with E-state index in [4.69, 9.17) is 0 Å². The van der Waals surface area contributed by atoms with Gasteiger partial charge >= 0.3 is 0 Å². The van der Waals surface area contributed by atoms with Crippen LogP contribution in [0.15, 0.2) is 36.5 Å². The molecule has 2 aromatic rings. The monoisotopic (exact) mass is 332 g/mol. The highest BCUT2D eigenvalue weighted by Crippen LogP contribution is 2.21. The molecule has 24 heavy (non-hydrogen) atoms. The summed E-state index contributed by atoms with van der Waals surface area (Å²) in [5, 5.41) is 0.834. The average Bonchev–Trinajstić information content (AvgIpc) is 2.88. The second kappa shape index (κ2) is 7.90. The summed E-state index contributed by atoms with van der Waals surface area (Å²) >= 11 is 0. The maximum Gasteiger partial charge on any atom is 0.227 e. The first-order chi connectivity index (χ1) is 11.5. The number of carbonyl (C=O) groups is 2. The maximum atomic E-state index is 13.2. The van der Waals surface area contributed by atoms with Gasteiger partial charge in [-0.25, -0.2) is 4.39 Å². The Morgan fingerprint density at radius 1 is 1.42 bits per heavy atom. The van der Waals surface area contributed by atoms with Crippen molar-refractivity contribution in [2.75, 3.05) is 13.1 Å². The van der Waals surface area contributed by atoms with Gasteiger partial charge in [0, 0.05) is 25.1 Å². The molecule has 0 bridgehead atoms. The number of hydrogen-bond donors (Lipinski definition) is 1. The summed E-state index contributed by atoms with van der Waals surface area (Å²) < 4.78 is 13.2. The average molecular weight is 332 g/mol. The Kier molecular flexibility index (Phi) is 5.90. The number of fused-ring (bicyclic) bond motifs is 1. The van der Waals surface area contributed by atoms with Gasteiger partial charge in [-0.15, -0.1) is 0 Å². The number of nitrogens with one attached hydrogen (secondary N) is 1. The number of aromatic nitrogens is 1. The van der Waals surface area contributed by atoms with Crippen molar-refractivity contribution in [3.8, 4) is 0 Å². The quantitative estimate of drug-likeness (QED) is 0.849. The van der Waals surface area contributed by atoms with Gasteiger partial charge in [0.25, 0.3) is 0 Å². The molecule has 3 rings (SSSR count). The van der Waals surface area contributed by atoms with Gasteiger partial charge in [-0.3, -0.25) is 9.59 Å². The van der Waals surface area contributed by atoms with Crippen molar-refractivity contribution in [1.82, 2.24) is 9.88 Å². The lowest BCUT2D eigenvalue weighted by Gasteiger charge is -2.19. The van der Waals surface area contributed by atoms with Crippen LogP contribution in [0.2, 0.25) is 0 Å². The van der Waals surface area contributed by atoms with E-state index < -0.39 is 0 Å². The van der Waals surface area contributed by atoms with Crippen molar-refractivity contribution in [2.24, 2.45) is 0 Å². The van der Waals surface area contributed by atoms with Crippen molar-refractivity contribution in [2.45, 2.75) is 33.1 Å². The Labute approximate surface area is 142 Å². The largest absolute Gasteiger partial charge is 0.361 e. The molecule has 0 saturated carbocycles. The van der Waals surface area contributed by atoms with Crippen molar-refractivity contribution >= 4 is 22.6 Å². The molecule has 0 unspecified atom stereocenters. The molecule has 1 fully saturated rings. The number of carbonyl (C=O) groups excluding carboxylic acids is 2. The first-order valence-electron chi connectivity index (χ1n) is 8.29. The van der Waals surface area contributed by atoms with E-state index in [1.807, 2.05) is 13.8 Å². The molecule has 0 atom stereocenters. The molecule has 1 amide bonds. The van der Waals surface area contributed by atoms with Crippen molar-refractivity contribution < 1.29 is 15.4 Å². The molecule has 4 nitrogen and oxygen atoms in total. The van der Waals surface area contributed by atoms with E-state index >= 15 is 0 Å². The fraction of sp³-hybridized carbons (Fsp3) is 0.368. The Hall–Kier alpha value is -2.43. The van der Waals surface area contributed by atoms with Crippen molar-refractivity contribution in [3.63, 3.8) is 0 Å². The highest BCUT2D eigenvalue weighted by atomic mass is 19.1. The third-order valence-electron chi connectivity index (χ3n) is 4.06. The number of amides is 1. The molecule has 1 aromatic carbocycles. The number of nitrogens with zero attached hydrogens (tertiary/aromatic N) is 1. The fourth-order valence-corrected chi connectivity index (χ4v) is 2.78. The summed E-state index contributed by atoms with van der Waals surface area (Å²) in [5.74, 6) is -0.469. The standard InChI is InChI=1S/C17H17FN2O2.C2H6.H2/c1-11-3-2-6-20(10-16(11)21)17(22)7-12-9-19-15-8-13(18)4-5-14(12)15;1-2;/h4-5,8-9,19H,1-3,6-7,10H2;1-2H3;1H. The molecular formula is C19H25FN2O2. The van der Waals surface area contributed by atoms with Gasteiger partial charge in [0.1, 0.15) is 5.82 Å². The molecule has 2 heterocycles. The minimum atomic E-state index is -0.316. The van der Waals surface area contributed by atoms with Gasteiger partial charge in [-0.1, -0.05) is 20.4 Å². The Morgan fingerprint density at radius 3 is 2.92 bits per heavy atom. The molecule has 0 spiro atoms. The van der Waals surface area contributed by atoms with Crippen LogP contribution < -0.4 is 0 Å². The lowest BCUT2D eigenvalue weighted by atomic mass is 10.1. The van der Waals surface area contributed by atoms with E-state index in [1.54, 1.807) is 17.2 Å². The van der Waals surface area contributed by atoms with Gasteiger partial charge in [0.05, 0.1) is 13.0 Å². The summed E-state index contributed by atoms with van der Waals surface area (Å²) in [6.07, 6.45) is 3.33. The Morgan fingerprint density at radius 2 is 2.17 bits per heavy atom. The minimum Gasteiger partial charge on any atom is -0.361 e. The van der Waals surface area contributed by atoms with E-state index in [0.717, 1.165) is 17.4 Å². The zero-order valence-corrected chi connectivity index (χ0v) is 14.2. The van der Waals surface area contributed by atoms with Gasteiger partial charge in [-0.2, -0.15) is 0 Å². The van der Waals surface area contributed by atoms with Crippen LogP contribution in [0.1, 0.15) is 33.7 Å². The molecule has 1 saturated heterocycles. The van der Waals surface area contributed by atoms with Crippen LogP contribution in [0, 0.1) is 5.82 Å². The molecule has 5 heteroatoms. The molecule has 1 aliphatic rings. The summed E-state index contributed by atoms with van der Waals surface area (Å²) in [5.41, 5.74) is 2.08. The second-order valence-corrected chi connectivity index (χ2v) is 5.63. The SMILES string of the molecule is C=C1CCCN(C(=O)Cc2c[nH]c3cc(F)ccc23)CC1=O.CC.[HH]. The van der Waals surface area contributed by atoms with Crippen LogP contribution in [-0.2, 0) is 16.0 Å². The predicted octanol–water partition coefficient (Wildman–Crippen LogP) is 3.87. The van der Waals surface area contributed by atoms with E-state index in [1.165, 1.54) is 12.1 Å². The number of H-pyrrole nitrogens is 1. The molecule has 0 aliphatic carbocycles. The first-order valence-corrected chi connectivity index (χ1v) is 8.29. The lowest BCUT2D eigenvalue weighted by molar-refractivity contribution is -0.133. The summed E-state index contributed by atoms with van der Waals surface area (Å²) in [4.78, 5) is 28.8. The van der Waals surface area contributed by atoms with E-state index in [-0.39, 0.29) is 31.9 Å². The number of rotatable bonds is 2. The second-order valence-electron chi connectivity index (χ2n) is 5.63. The van der Waals surface area contributed by atoms with Crippen LogP contribution in [0.3, 0.4) is 0 Å². The van der Waals surface area contributed by atoms with Gasteiger partial charge < -0.3 is 9.88 Å². The van der Waals surface area contributed by atoms with Crippen LogP contribution in [0.25, 0.3) is 10.9 Å². The van der Waals surface area contributed by atoms with Crippen LogP contribution in [0.4, 0.5) is 4.39 Å². The first kappa shape index (κ1) is 17.9. The highest BCUT2D eigenvalue weighted by molar-refractivity contribution is 5.99. The Balaban J connectivity index is 0.00000101. The fourth-order valence-electron chi connectivity index (χ4n) is 2.78. The number of likely N-dealkylation sites (tertiary alicyclic amines) is 1. The zero-order valence-electron chi connectivity index (χ0n) is 14.2. The van der Waals surface area contributed by atoms with Gasteiger partial charge in [0.15, 0.2) is 5.78 Å². The number of hydrogen-bond acceptors (Lipinski definition) is 2. The van der Waals surface area contributed by atoms with E-state index in [0.29, 0.717) is 24.1 Å². The third kappa shape index (κ3) is 3.91. The lowest BCUT2D eigenvalue weighted by Crippen LogP contribution is -2.36. The Bertz CT molecular complexity index is 770. The van der Waals surface area contributed by atoms with Crippen molar-refractivity contribution in [3.05, 3.63) is 47.9 Å². The normalized spacial score (nSPS) is 15.0. The van der Waals surface area contributed by atoms with Crippen molar-refractivity contribution in [1.29, 1.82) is 0 Å². The number of halogens is 1. The maximum absolute atomic E-state index is 13.2. The summed E-state index contributed by atoms with van der Waals surface area (Å²) in [7, 11) is 0. The summed E-state index contributed by atoms with van der Waals surface area (Å²) in [6, 6.07) is 4.45. The van der Waals surface area contributed by atoms with Gasteiger partial charge in [-0.05, 0) is 42.2 Å². The van der Waals surface area contributed by atoms with E-state index in [2.05, 4.69) is 11.6 Å². The molecule has 1 N–H and O–H groups in total.